The second-order valence-electron chi connectivity index (χ2n) is 7.24. The minimum Gasteiger partial charge on any atom is -0.354 e. The molecule has 0 unspecified atom stereocenters. The SMILES string of the molecule is CC(=O)c1c(C)[nH]c(C(=O)N[C@H](C)C(c2ccccc2)c2ccccc2)c1C. The lowest BCUT2D eigenvalue weighted by Gasteiger charge is -2.26. The van der Waals surface area contributed by atoms with Gasteiger partial charge in [-0.25, -0.2) is 0 Å². The van der Waals surface area contributed by atoms with Gasteiger partial charge in [-0.3, -0.25) is 9.59 Å². The third-order valence-electron chi connectivity index (χ3n) is 5.19. The highest BCUT2D eigenvalue weighted by Gasteiger charge is 2.26. The Morgan fingerprint density at radius 2 is 1.39 bits per heavy atom. The quantitative estimate of drug-likeness (QED) is 0.610. The zero-order valence-corrected chi connectivity index (χ0v) is 16.7. The number of carbonyl (C=O) groups excluding carboxylic acids is 2. The van der Waals surface area contributed by atoms with Crippen LogP contribution in [0.2, 0.25) is 0 Å². The van der Waals surface area contributed by atoms with E-state index in [0.29, 0.717) is 16.8 Å². The van der Waals surface area contributed by atoms with Crippen LogP contribution >= 0.6 is 0 Å². The van der Waals surface area contributed by atoms with Crippen molar-refractivity contribution in [2.45, 2.75) is 39.7 Å². The third-order valence-corrected chi connectivity index (χ3v) is 5.19. The van der Waals surface area contributed by atoms with Gasteiger partial charge in [-0.2, -0.15) is 0 Å². The number of aromatic amines is 1. The van der Waals surface area contributed by atoms with E-state index in [0.717, 1.165) is 16.8 Å². The molecule has 0 aliphatic rings. The van der Waals surface area contributed by atoms with Crippen LogP contribution < -0.4 is 5.32 Å². The molecule has 4 heteroatoms. The van der Waals surface area contributed by atoms with E-state index in [-0.39, 0.29) is 23.7 Å². The number of ketones is 1. The summed E-state index contributed by atoms with van der Waals surface area (Å²) in [5, 5.41) is 3.13. The van der Waals surface area contributed by atoms with Gasteiger partial charge >= 0.3 is 0 Å². The summed E-state index contributed by atoms with van der Waals surface area (Å²) < 4.78 is 0. The van der Waals surface area contributed by atoms with Crippen molar-refractivity contribution in [2.24, 2.45) is 0 Å². The molecule has 28 heavy (non-hydrogen) atoms. The van der Waals surface area contributed by atoms with E-state index in [1.165, 1.54) is 6.92 Å². The van der Waals surface area contributed by atoms with Crippen LogP contribution in [-0.4, -0.2) is 22.7 Å². The molecule has 4 nitrogen and oxygen atoms in total. The van der Waals surface area contributed by atoms with Crippen molar-refractivity contribution in [2.75, 3.05) is 0 Å². The number of aromatic nitrogens is 1. The molecule has 0 spiro atoms. The topological polar surface area (TPSA) is 62.0 Å². The average Bonchev–Trinajstić information content (AvgIpc) is 2.98. The summed E-state index contributed by atoms with van der Waals surface area (Å²) in [6, 6.07) is 20.2. The van der Waals surface area contributed by atoms with Gasteiger partial charge < -0.3 is 10.3 Å². The Bertz CT molecular complexity index is 935. The number of hydrogen-bond acceptors (Lipinski definition) is 2. The lowest BCUT2D eigenvalue weighted by Crippen LogP contribution is -2.38. The van der Waals surface area contributed by atoms with Crippen LogP contribution in [0.15, 0.2) is 60.7 Å². The molecule has 0 aliphatic carbocycles. The van der Waals surface area contributed by atoms with Crippen LogP contribution in [0, 0.1) is 13.8 Å². The van der Waals surface area contributed by atoms with Crippen molar-refractivity contribution in [3.05, 3.63) is 94.3 Å². The Kier molecular flexibility index (Phi) is 5.78. The summed E-state index contributed by atoms with van der Waals surface area (Å²) >= 11 is 0. The van der Waals surface area contributed by atoms with Crippen LogP contribution in [0.1, 0.15) is 63.0 Å². The van der Waals surface area contributed by atoms with Crippen LogP contribution in [0.4, 0.5) is 0 Å². The minimum atomic E-state index is -0.197. The van der Waals surface area contributed by atoms with Gasteiger partial charge in [0, 0.05) is 23.2 Å². The van der Waals surface area contributed by atoms with Crippen molar-refractivity contribution in [1.82, 2.24) is 10.3 Å². The van der Waals surface area contributed by atoms with Gasteiger partial charge in [0.1, 0.15) is 5.69 Å². The highest BCUT2D eigenvalue weighted by atomic mass is 16.2. The van der Waals surface area contributed by atoms with Crippen molar-refractivity contribution in [1.29, 1.82) is 0 Å². The largest absolute Gasteiger partial charge is 0.354 e. The number of aryl methyl sites for hydroxylation is 1. The Hall–Kier alpha value is -3.14. The molecule has 2 aromatic carbocycles. The molecule has 3 rings (SSSR count). The zero-order valence-electron chi connectivity index (χ0n) is 16.7. The normalized spacial score (nSPS) is 12.0. The molecule has 0 saturated carbocycles. The Labute approximate surface area is 166 Å². The number of amides is 1. The van der Waals surface area contributed by atoms with Crippen molar-refractivity contribution in [3.8, 4) is 0 Å². The standard InChI is InChI=1S/C24H26N2O2/c1-15-21(18(4)27)16(2)25-23(15)24(28)26-17(3)22(19-11-7-5-8-12-19)20-13-9-6-10-14-20/h5-14,17,22,25H,1-4H3,(H,26,28)/t17-/m1/s1. The Morgan fingerprint density at radius 3 is 1.82 bits per heavy atom. The average molecular weight is 374 g/mol. The highest BCUT2D eigenvalue weighted by Crippen LogP contribution is 2.28. The summed E-state index contributed by atoms with van der Waals surface area (Å²) in [7, 11) is 0. The van der Waals surface area contributed by atoms with Crippen molar-refractivity contribution >= 4 is 11.7 Å². The van der Waals surface area contributed by atoms with Crippen LogP contribution in [0.25, 0.3) is 0 Å². The second kappa shape index (κ2) is 8.26. The number of carbonyl (C=O) groups is 2. The molecular formula is C24H26N2O2. The van der Waals surface area contributed by atoms with E-state index in [1.54, 1.807) is 0 Å². The smallest absolute Gasteiger partial charge is 0.268 e. The number of Topliss-reactive ketones (excluding diaryl/α,β-unsaturated/α-hetero) is 1. The Morgan fingerprint density at radius 1 is 0.893 bits per heavy atom. The monoisotopic (exact) mass is 374 g/mol. The summed E-state index contributed by atoms with van der Waals surface area (Å²) in [5.74, 6) is -0.211. The summed E-state index contributed by atoms with van der Waals surface area (Å²) in [4.78, 5) is 27.9. The molecular weight excluding hydrogens is 348 g/mol. The molecule has 144 valence electrons. The van der Waals surface area contributed by atoms with E-state index in [1.807, 2.05) is 57.2 Å². The third kappa shape index (κ3) is 3.91. The molecule has 0 saturated heterocycles. The maximum Gasteiger partial charge on any atom is 0.268 e. The summed E-state index contributed by atoms with van der Waals surface area (Å²) in [6.45, 7) is 7.17. The summed E-state index contributed by atoms with van der Waals surface area (Å²) in [6.07, 6.45) is 0. The first kappa shape index (κ1) is 19.6. The molecule has 1 aromatic heterocycles. The van der Waals surface area contributed by atoms with Crippen molar-refractivity contribution < 1.29 is 9.59 Å². The lowest BCUT2D eigenvalue weighted by molar-refractivity contribution is 0.0931. The van der Waals surface area contributed by atoms with Gasteiger partial charge in [0.15, 0.2) is 5.78 Å². The van der Waals surface area contributed by atoms with Crippen LogP contribution in [0.3, 0.4) is 0 Å². The van der Waals surface area contributed by atoms with Gasteiger partial charge in [-0.05, 0) is 44.4 Å². The first-order valence-electron chi connectivity index (χ1n) is 9.51. The van der Waals surface area contributed by atoms with Gasteiger partial charge in [-0.1, -0.05) is 60.7 Å². The maximum absolute atomic E-state index is 13.0. The fraction of sp³-hybridized carbons (Fsp3) is 0.250. The van der Waals surface area contributed by atoms with Crippen LogP contribution in [0.5, 0.6) is 0 Å². The maximum atomic E-state index is 13.0. The van der Waals surface area contributed by atoms with Crippen molar-refractivity contribution in [3.63, 3.8) is 0 Å². The first-order chi connectivity index (χ1) is 13.4. The van der Waals surface area contributed by atoms with E-state index in [4.69, 9.17) is 0 Å². The van der Waals surface area contributed by atoms with Crippen LogP contribution in [-0.2, 0) is 0 Å². The minimum absolute atomic E-state index is 0.0231. The molecule has 0 aliphatic heterocycles. The highest BCUT2D eigenvalue weighted by molar-refractivity contribution is 6.02. The predicted molar refractivity (Wildman–Crippen MR) is 112 cm³/mol. The zero-order chi connectivity index (χ0) is 20.3. The number of benzene rings is 2. The fourth-order valence-electron chi connectivity index (χ4n) is 3.96. The van der Waals surface area contributed by atoms with E-state index < -0.39 is 0 Å². The van der Waals surface area contributed by atoms with E-state index in [9.17, 15) is 9.59 Å². The summed E-state index contributed by atoms with van der Waals surface area (Å²) in [5.41, 5.74) is 4.77. The molecule has 1 heterocycles. The van der Waals surface area contributed by atoms with Gasteiger partial charge in [0.25, 0.3) is 5.91 Å². The number of H-pyrrole nitrogens is 1. The molecule has 2 N–H and O–H groups in total. The molecule has 1 atom stereocenters. The Balaban J connectivity index is 1.91. The lowest BCUT2D eigenvalue weighted by atomic mass is 9.85. The molecule has 3 aromatic rings. The van der Waals surface area contributed by atoms with Gasteiger partial charge in [0.05, 0.1) is 0 Å². The number of rotatable bonds is 6. The predicted octanol–water partition coefficient (Wildman–Crippen LogP) is 4.78. The fourth-order valence-corrected chi connectivity index (χ4v) is 3.96. The van der Waals surface area contributed by atoms with Gasteiger partial charge in [-0.15, -0.1) is 0 Å². The molecule has 0 radical (unpaired) electrons. The van der Waals surface area contributed by atoms with E-state index in [2.05, 4.69) is 34.6 Å². The second-order valence-corrected chi connectivity index (χ2v) is 7.24. The number of nitrogens with one attached hydrogen (secondary N) is 2. The van der Waals surface area contributed by atoms with E-state index >= 15 is 0 Å². The van der Waals surface area contributed by atoms with Gasteiger partial charge in [0.2, 0.25) is 0 Å². The number of hydrogen-bond donors (Lipinski definition) is 2. The molecule has 0 bridgehead atoms. The molecule has 1 amide bonds. The molecule has 0 fully saturated rings. The first-order valence-corrected chi connectivity index (χ1v) is 9.51.